The molecule has 21 heavy (non-hydrogen) atoms. The normalized spacial score (nSPS) is 12.2. The molecule has 5 heteroatoms. The molecule has 1 heterocycles. The number of nitrogens with one attached hydrogen (secondary N) is 1. The zero-order chi connectivity index (χ0) is 15.2. The summed E-state index contributed by atoms with van der Waals surface area (Å²) in [5, 5.41) is 3.56. The molecule has 2 rings (SSSR count). The van der Waals surface area contributed by atoms with E-state index in [1.165, 1.54) is 4.88 Å². The summed E-state index contributed by atoms with van der Waals surface area (Å²) in [6.07, 6.45) is 1.06. The van der Waals surface area contributed by atoms with Gasteiger partial charge in [0.15, 0.2) is 11.5 Å². The molecule has 0 saturated carbocycles. The number of thiophene rings is 1. The summed E-state index contributed by atoms with van der Waals surface area (Å²) >= 11 is 7.67. The van der Waals surface area contributed by atoms with Crippen LogP contribution in [0, 0.1) is 0 Å². The fourth-order valence-corrected chi connectivity index (χ4v) is 3.43. The fourth-order valence-electron chi connectivity index (χ4n) is 2.28. The average Bonchev–Trinajstić information content (AvgIpc) is 2.93. The van der Waals surface area contributed by atoms with E-state index in [2.05, 4.69) is 24.4 Å². The molecule has 0 aliphatic carbocycles. The molecular formula is C16H20ClNO2S. The zero-order valence-electron chi connectivity index (χ0n) is 12.5. The highest BCUT2D eigenvalue weighted by Gasteiger charge is 2.21. The number of rotatable bonds is 7. The van der Waals surface area contributed by atoms with E-state index in [1.54, 1.807) is 25.6 Å². The molecule has 0 aliphatic heterocycles. The Hall–Kier alpha value is -1.23. The second kappa shape index (κ2) is 7.69. The molecular weight excluding hydrogens is 306 g/mol. The van der Waals surface area contributed by atoms with Gasteiger partial charge in [0.05, 0.1) is 24.6 Å². The predicted octanol–water partition coefficient (Wildman–Crippen LogP) is 4.51. The van der Waals surface area contributed by atoms with Crippen LogP contribution in [0.3, 0.4) is 0 Å². The lowest BCUT2D eigenvalue weighted by atomic mass is 10.0. The van der Waals surface area contributed by atoms with Crippen molar-refractivity contribution in [2.45, 2.75) is 19.4 Å². The molecule has 0 bridgehead atoms. The van der Waals surface area contributed by atoms with E-state index in [0.29, 0.717) is 0 Å². The average molecular weight is 326 g/mol. The van der Waals surface area contributed by atoms with E-state index in [1.807, 2.05) is 18.2 Å². The number of benzene rings is 1. The van der Waals surface area contributed by atoms with Crippen LogP contribution in [0.4, 0.5) is 0 Å². The van der Waals surface area contributed by atoms with Crippen LogP contribution in [0.2, 0.25) is 4.34 Å². The summed E-state index contributed by atoms with van der Waals surface area (Å²) in [5.41, 5.74) is 1.06. The van der Waals surface area contributed by atoms with Crippen molar-refractivity contribution < 1.29 is 9.47 Å². The molecule has 0 fully saturated rings. The van der Waals surface area contributed by atoms with Gasteiger partial charge in [-0.2, -0.15) is 0 Å². The molecule has 1 aromatic heterocycles. The van der Waals surface area contributed by atoms with Crippen LogP contribution in [0.25, 0.3) is 0 Å². The van der Waals surface area contributed by atoms with Gasteiger partial charge in [-0.3, -0.25) is 0 Å². The quantitative estimate of drug-likeness (QED) is 0.812. The second-order valence-electron chi connectivity index (χ2n) is 4.61. The molecule has 0 spiro atoms. The molecule has 3 nitrogen and oxygen atoms in total. The molecule has 0 saturated heterocycles. The van der Waals surface area contributed by atoms with Gasteiger partial charge < -0.3 is 14.8 Å². The standard InChI is InChI=1S/C16H20ClNO2S/c1-4-10-18-15(13-8-9-14(17)21-13)11-6-5-7-12(19-2)16(11)20-3/h5-9,15,18H,4,10H2,1-3H3. The van der Waals surface area contributed by atoms with Gasteiger partial charge in [-0.1, -0.05) is 30.7 Å². The Balaban J connectivity index is 2.45. The van der Waals surface area contributed by atoms with Crippen molar-refractivity contribution in [1.82, 2.24) is 5.32 Å². The zero-order valence-corrected chi connectivity index (χ0v) is 14.1. The Morgan fingerprint density at radius 3 is 2.57 bits per heavy atom. The van der Waals surface area contributed by atoms with Gasteiger partial charge in [-0.05, 0) is 31.2 Å². The van der Waals surface area contributed by atoms with Crippen molar-refractivity contribution in [2.24, 2.45) is 0 Å². The molecule has 0 amide bonds. The minimum Gasteiger partial charge on any atom is -0.493 e. The Labute approximate surface area is 134 Å². The van der Waals surface area contributed by atoms with Crippen molar-refractivity contribution in [3.8, 4) is 11.5 Å². The molecule has 1 aromatic carbocycles. The van der Waals surface area contributed by atoms with Gasteiger partial charge >= 0.3 is 0 Å². The number of para-hydroxylation sites is 1. The lowest BCUT2D eigenvalue weighted by molar-refractivity contribution is 0.349. The van der Waals surface area contributed by atoms with E-state index >= 15 is 0 Å². The number of halogens is 1. The van der Waals surface area contributed by atoms with Crippen molar-refractivity contribution in [1.29, 1.82) is 0 Å². The van der Waals surface area contributed by atoms with Crippen molar-refractivity contribution in [3.05, 3.63) is 45.1 Å². The van der Waals surface area contributed by atoms with Gasteiger partial charge in [0.2, 0.25) is 0 Å². The van der Waals surface area contributed by atoms with E-state index in [4.69, 9.17) is 21.1 Å². The minimum atomic E-state index is 0.0486. The van der Waals surface area contributed by atoms with Crippen LogP contribution >= 0.6 is 22.9 Å². The van der Waals surface area contributed by atoms with Crippen LogP contribution in [0.15, 0.2) is 30.3 Å². The van der Waals surface area contributed by atoms with Gasteiger partial charge in [-0.15, -0.1) is 11.3 Å². The molecule has 114 valence electrons. The molecule has 2 aromatic rings. The molecule has 1 atom stereocenters. The summed E-state index contributed by atoms with van der Waals surface area (Å²) in [5.74, 6) is 1.50. The third-order valence-electron chi connectivity index (χ3n) is 3.22. The largest absolute Gasteiger partial charge is 0.493 e. The Morgan fingerprint density at radius 2 is 2.00 bits per heavy atom. The summed E-state index contributed by atoms with van der Waals surface area (Å²) < 4.78 is 11.7. The lowest BCUT2D eigenvalue weighted by Gasteiger charge is -2.21. The van der Waals surface area contributed by atoms with E-state index in [0.717, 1.165) is 34.4 Å². The van der Waals surface area contributed by atoms with Crippen LogP contribution in [-0.2, 0) is 0 Å². The Kier molecular flexibility index (Phi) is 5.91. The maximum atomic E-state index is 6.09. The predicted molar refractivity (Wildman–Crippen MR) is 89.0 cm³/mol. The molecule has 1 N–H and O–H groups in total. The third kappa shape index (κ3) is 3.70. The Bertz CT molecular complexity index is 585. The highest BCUT2D eigenvalue weighted by molar-refractivity contribution is 7.16. The van der Waals surface area contributed by atoms with Crippen LogP contribution in [0.1, 0.15) is 29.8 Å². The van der Waals surface area contributed by atoms with Crippen molar-refractivity contribution in [2.75, 3.05) is 20.8 Å². The minimum absolute atomic E-state index is 0.0486. The first-order chi connectivity index (χ1) is 10.2. The van der Waals surface area contributed by atoms with E-state index in [-0.39, 0.29) is 6.04 Å². The smallest absolute Gasteiger partial charge is 0.165 e. The summed E-state index contributed by atoms with van der Waals surface area (Å²) in [6, 6.07) is 9.97. The second-order valence-corrected chi connectivity index (χ2v) is 6.36. The number of hydrogen-bond donors (Lipinski definition) is 1. The number of ether oxygens (including phenoxy) is 2. The molecule has 1 unspecified atom stereocenters. The fraction of sp³-hybridized carbons (Fsp3) is 0.375. The first kappa shape index (κ1) is 16.1. The van der Waals surface area contributed by atoms with Gasteiger partial charge in [0.1, 0.15) is 0 Å². The van der Waals surface area contributed by atoms with E-state index in [9.17, 15) is 0 Å². The van der Waals surface area contributed by atoms with Crippen molar-refractivity contribution in [3.63, 3.8) is 0 Å². The molecule has 0 radical (unpaired) electrons. The van der Waals surface area contributed by atoms with Gasteiger partial charge in [0, 0.05) is 10.4 Å². The van der Waals surface area contributed by atoms with Crippen LogP contribution in [-0.4, -0.2) is 20.8 Å². The van der Waals surface area contributed by atoms with Crippen LogP contribution in [0.5, 0.6) is 11.5 Å². The number of hydrogen-bond acceptors (Lipinski definition) is 4. The van der Waals surface area contributed by atoms with Gasteiger partial charge in [-0.25, -0.2) is 0 Å². The summed E-state index contributed by atoms with van der Waals surface area (Å²) in [7, 11) is 3.32. The van der Waals surface area contributed by atoms with Crippen molar-refractivity contribution >= 4 is 22.9 Å². The lowest BCUT2D eigenvalue weighted by Crippen LogP contribution is -2.23. The molecule has 0 aliphatic rings. The summed E-state index contributed by atoms with van der Waals surface area (Å²) in [6.45, 7) is 3.06. The topological polar surface area (TPSA) is 30.5 Å². The highest BCUT2D eigenvalue weighted by Crippen LogP contribution is 2.39. The highest BCUT2D eigenvalue weighted by atomic mass is 35.5. The van der Waals surface area contributed by atoms with Crippen LogP contribution < -0.4 is 14.8 Å². The van der Waals surface area contributed by atoms with Gasteiger partial charge in [0.25, 0.3) is 0 Å². The maximum Gasteiger partial charge on any atom is 0.165 e. The maximum absolute atomic E-state index is 6.09. The summed E-state index contributed by atoms with van der Waals surface area (Å²) in [4.78, 5) is 1.17. The van der Waals surface area contributed by atoms with E-state index < -0.39 is 0 Å². The Morgan fingerprint density at radius 1 is 1.19 bits per heavy atom. The number of methoxy groups -OCH3 is 2. The first-order valence-corrected chi connectivity index (χ1v) is 8.10. The monoisotopic (exact) mass is 325 g/mol. The first-order valence-electron chi connectivity index (χ1n) is 6.90. The SMILES string of the molecule is CCCNC(c1ccc(Cl)s1)c1cccc(OC)c1OC. The third-order valence-corrected chi connectivity index (χ3v) is 4.52.